The van der Waals surface area contributed by atoms with Crippen molar-refractivity contribution < 1.29 is 33.8 Å². The molecule has 0 saturated heterocycles. The summed E-state index contributed by atoms with van der Waals surface area (Å²) in [6.45, 7) is 7.23. The SMILES string of the molecule is CC(C)(CCOC(C)(C)C(=O)NCCc1ccc(O)cc1)OC(=O)Oc1ccc([N+](=O)[O-])cc1. The number of nitro groups is 1. The number of carbonyl (C=O) groups excluding carboxylic acids is 2. The van der Waals surface area contributed by atoms with E-state index in [0.717, 1.165) is 5.56 Å². The van der Waals surface area contributed by atoms with E-state index >= 15 is 0 Å². The van der Waals surface area contributed by atoms with Gasteiger partial charge in [0, 0.05) is 25.1 Å². The maximum absolute atomic E-state index is 12.5. The number of ether oxygens (including phenoxy) is 3. The minimum atomic E-state index is -1.09. The van der Waals surface area contributed by atoms with Crippen molar-refractivity contribution in [1.29, 1.82) is 0 Å². The first-order valence-corrected chi connectivity index (χ1v) is 10.7. The highest BCUT2D eigenvalue weighted by Crippen LogP contribution is 2.21. The van der Waals surface area contributed by atoms with E-state index in [4.69, 9.17) is 14.2 Å². The summed E-state index contributed by atoms with van der Waals surface area (Å²) in [5.41, 5.74) is -1.17. The van der Waals surface area contributed by atoms with Crippen molar-refractivity contribution in [3.8, 4) is 11.5 Å². The Morgan fingerprint density at radius 3 is 2.24 bits per heavy atom. The van der Waals surface area contributed by atoms with Crippen LogP contribution in [0, 0.1) is 10.1 Å². The molecule has 0 atom stereocenters. The Labute approximate surface area is 198 Å². The van der Waals surface area contributed by atoms with Gasteiger partial charge in [-0.1, -0.05) is 12.1 Å². The summed E-state index contributed by atoms with van der Waals surface area (Å²) in [5.74, 6) is 0.0316. The molecule has 0 bridgehead atoms. The number of phenols is 1. The van der Waals surface area contributed by atoms with Crippen LogP contribution in [0.5, 0.6) is 11.5 Å². The van der Waals surface area contributed by atoms with E-state index in [-0.39, 0.29) is 29.7 Å². The highest BCUT2D eigenvalue weighted by Gasteiger charge is 2.30. The molecule has 0 radical (unpaired) electrons. The summed E-state index contributed by atoms with van der Waals surface area (Å²) in [4.78, 5) is 34.7. The molecule has 0 aliphatic rings. The lowest BCUT2D eigenvalue weighted by atomic mass is 10.1. The van der Waals surface area contributed by atoms with Crippen LogP contribution in [0.3, 0.4) is 0 Å². The van der Waals surface area contributed by atoms with Crippen LogP contribution in [0.4, 0.5) is 10.5 Å². The van der Waals surface area contributed by atoms with Crippen LogP contribution in [0.2, 0.25) is 0 Å². The second-order valence-electron chi connectivity index (χ2n) is 8.75. The van der Waals surface area contributed by atoms with Gasteiger partial charge in [-0.15, -0.1) is 0 Å². The van der Waals surface area contributed by atoms with Crippen molar-refractivity contribution in [3.63, 3.8) is 0 Å². The van der Waals surface area contributed by atoms with Gasteiger partial charge in [-0.05, 0) is 63.9 Å². The maximum atomic E-state index is 12.5. The molecule has 0 saturated carbocycles. The monoisotopic (exact) mass is 474 g/mol. The van der Waals surface area contributed by atoms with Gasteiger partial charge in [0.15, 0.2) is 0 Å². The van der Waals surface area contributed by atoms with Gasteiger partial charge in [-0.3, -0.25) is 14.9 Å². The second kappa shape index (κ2) is 11.5. The molecule has 2 rings (SSSR count). The van der Waals surface area contributed by atoms with E-state index < -0.39 is 22.3 Å². The Balaban J connectivity index is 1.74. The first-order valence-electron chi connectivity index (χ1n) is 10.7. The maximum Gasteiger partial charge on any atom is 0.514 e. The van der Waals surface area contributed by atoms with Gasteiger partial charge in [0.1, 0.15) is 22.7 Å². The quantitative estimate of drug-likeness (QED) is 0.215. The highest BCUT2D eigenvalue weighted by atomic mass is 16.7. The number of hydrogen-bond donors (Lipinski definition) is 2. The molecule has 0 aromatic heterocycles. The number of nitrogens with one attached hydrogen (secondary N) is 1. The van der Waals surface area contributed by atoms with Crippen LogP contribution < -0.4 is 10.1 Å². The van der Waals surface area contributed by atoms with Crippen LogP contribution in [-0.2, 0) is 20.7 Å². The van der Waals surface area contributed by atoms with Gasteiger partial charge in [0.2, 0.25) is 0 Å². The Morgan fingerprint density at radius 1 is 1.03 bits per heavy atom. The Morgan fingerprint density at radius 2 is 1.65 bits per heavy atom. The Kier molecular flexibility index (Phi) is 8.97. The van der Waals surface area contributed by atoms with Crippen molar-refractivity contribution in [1.82, 2.24) is 5.32 Å². The molecule has 34 heavy (non-hydrogen) atoms. The van der Waals surface area contributed by atoms with Crippen molar-refractivity contribution in [2.75, 3.05) is 13.2 Å². The number of carbonyl (C=O) groups is 2. The van der Waals surface area contributed by atoms with Crippen LogP contribution in [0.25, 0.3) is 0 Å². The molecule has 0 aliphatic carbocycles. The minimum Gasteiger partial charge on any atom is -0.508 e. The number of amides is 1. The number of hydrogen-bond acceptors (Lipinski definition) is 8. The summed E-state index contributed by atoms with van der Waals surface area (Å²) >= 11 is 0. The van der Waals surface area contributed by atoms with Crippen molar-refractivity contribution in [2.45, 2.75) is 51.7 Å². The Hall–Kier alpha value is -3.66. The van der Waals surface area contributed by atoms with E-state index in [1.807, 2.05) is 0 Å². The second-order valence-corrected chi connectivity index (χ2v) is 8.75. The number of non-ortho nitro benzene ring substituents is 1. The van der Waals surface area contributed by atoms with Crippen LogP contribution in [-0.4, -0.2) is 46.4 Å². The zero-order chi connectivity index (χ0) is 25.4. The third kappa shape index (κ3) is 8.70. The number of aromatic hydroxyl groups is 1. The lowest BCUT2D eigenvalue weighted by Gasteiger charge is -2.28. The molecule has 10 heteroatoms. The third-order valence-electron chi connectivity index (χ3n) is 4.96. The molecular formula is C24H30N2O8. The molecule has 0 heterocycles. The van der Waals surface area contributed by atoms with E-state index in [0.29, 0.717) is 19.4 Å². The van der Waals surface area contributed by atoms with E-state index in [1.165, 1.54) is 24.3 Å². The summed E-state index contributed by atoms with van der Waals surface area (Å²) < 4.78 is 16.1. The van der Waals surface area contributed by atoms with Gasteiger partial charge in [0.05, 0.1) is 11.5 Å². The molecule has 10 nitrogen and oxygen atoms in total. The highest BCUT2D eigenvalue weighted by molar-refractivity contribution is 5.84. The van der Waals surface area contributed by atoms with Crippen LogP contribution in [0.15, 0.2) is 48.5 Å². The smallest absolute Gasteiger partial charge is 0.508 e. The molecule has 2 aromatic rings. The van der Waals surface area contributed by atoms with E-state index in [1.54, 1.807) is 52.0 Å². The first kappa shape index (κ1) is 26.6. The van der Waals surface area contributed by atoms with Crippen molar-refractivity contribution in [3.05, 3.63) is 64.2 Å². The fourth-order valence-corrected chi connectivity index (χ4v) is 2.84. The number of nitrogens with zero attached hydrogens (tertiary/aromatic N) is 1. The summed E-state index contributed by atoms with van der Waals surface area (Å²) in [7, 11) is 0. The zero-order valence-corrected chi connectivity index (χ0v) is 19.7. The van der Waals surface area contributed by atoms with Crippen molar-refractivity contribution >= 4 is 17.7 Å². The van der Waals surface area contributed by atoms with Crippen molar-refractivity contribution in [2.24, 2.45) is 0 Å². The molecule has 2 aromatic carbocycles. The van der Waals surface area contributed by atoms with Gasteiger partial charge < -0.3 is 24.6 Å². The van der Waals surface area contributed by atoms with Crippen LogP contribution >= 0.6 is 0 Å². The molecule has 1 amide bonds. The Bertz CT molecular complexity index is 985. The molecule has 0 unspecified atom stereocenters. The summed E-state index contributed by atoms with van der Waals surface area (Å²) in [6, 6.07) is 11.8. The lowest BCUT2D eigenvalue weighted by molar-refractivity contribution is -0.384. The van der Waals surface area contributed by atoms with Crippen LogP contribution in [0.1, 0.15) is 39.7 Å². The van der Waals surface area contributed by atoms with E-state index in [2.05, 4.69) is 5.32 Å². The van der Waals surface area contributed by atoms with Gasteiger partial charge >= 0.3 is 6.16 Å². The fourth-order valence-electron chi connectivity index (χ4n) is 2.84. The largest absolute Gasteiger partial charge is 0.514 e. The third-order valence-corrected chi connectivity index (χ3v) is 4.96. The van der Waals surface area contributed by atoms with E-state index in [9.17, 15) is 24.8 Å². The summed E-state index contributed by atoms with van der Waals surface area (Å²) in [5, 5.41) is 22.8. The molecule has 0 aliphatic heterocycles. The average molecular weight is 475 g/mol. The molecule has 2 N–H and O–H groups in total. The molecule has 0 fully saturated rings. The fraction of sp³-hybridized carbons (Fsp3) is 0.417. The zero-order valence-electron chi connectivity index (χ0n) is 19.7. The number of rotatable bonds is 11. The number of nitro benzene ring substituents is 1. The predicted molar refractivity (Wildman–Crippen MR) is 124 cm³/mol. The topological polar surface area (TPSA) is 137 Å². The summed E-state index contributed by atoms with van der Waals surface area (Å²) in [6.07, 6.45) is -0.0445. The average Bonchev–Trinajstić information content (AvgIpc) is 2.74. The predicted octanol–water partition coefficient (Wildman–Crippen LogP) is 4.14. The molecule has 184 valence electrons. The van der Waals surface area contributed by atoms with Gasteiger partial charge in [-0.2, -0.15) is 0 Å². The number of phenolic OH excluding ortho intramolecular Hbond substituents is 1. The standard InChI is InChI=1S/C24H30N2O8/c1-23(2,34-22(29)33-20-11-7-18(8-12-20)26(30)31)14-16-32-24(3,4)21(28)25-15-13-17-5-9-19(27)10-6-17/h5-12,27H,13-16H2,1-4H3,(H,25,28). The number of benzene rings is 2. The minimum absolute atomic E-state index is 0.118. The molecule has 0 spiro atoms. The lowest BCUT2D eigenvalue weighted by Crippen LogP contribution is -2.45. The first-order chi connectivity index (χ1) is 15.9. The molecular weight excluding hydrogens is 444 g/mol. The normalized spacial score (nSPS) is 11.5. The van der Waals surface area contributed by atoms with Gasteiger partial charge in [-0.25, -0.2) is 4.79 Å². The van der Waals surface area contributed by atoms with Gasteiger partial charge in [0.25, 0.3) is 11.6 Å².